The van der Waals surface area contributed by atoms with Gasteiger partial charge in [0.1, 0.15) is 0 Å². The van der Waals surface area contributed by atoms with Crippen molar-refractivity contribution in [3.05, 3.63) is 0 Å². The summed E-state index contributed by atoms with van der Waals surface area (Å²) >= 11 is 0. The van der Waals surface area contributed by atoms with E-state index in [4.69, 9.17) is 5.11 Å². The Morgan fingerprint density at radius 1 is 1.38 bits per heavy atom. The van der Waals surface area contributed by atoms with Gasteiger partial charge in [-0.2, -0.15) is 0 Å². The summed E-state index contributed by atoms with van der Waals surface area (Å²) in [5.41, 5.74) is 0.619. The van der Waals surface area contributed by atoms with Gasteiger partial charge in [-0.05, 0) is 18.3 Å². The van der Waals surface area contributed by atoms with Gasteiger partial charge in [0.05, 0.1) is 0 Å². The van der Waals surface area contributed by atoms with Gasteiger partial charge in [0, 0.05) is 31.1 Å². The van der Waals surface area contributed by atoms with Crippen molar-refractivity contribution in [2.75, 3.05) is 19.6 Å². The molecule has 1 atom stereocenters. The Hall–Kier alpha value is -0.770. The highest BCUT2D eigenvalue weighted by Crippen LogP contribution is 2.47. The smallest absolute Gasteiger partial charge is 0.407 e. The minimum atomic E-state index is -0.769. The van der Waals surface area contributed by atoms with Crippen LogP contribution in [0.2, 0.25) is 0 Å². The van der Waals surface area contributed by atoms with Crippen molar-refractivity contribution in [3.8, 4) is 0 Å². The molecule has 92 valence electrons. The first-order valence-corrected chi connectivity index (χ1v) is 6.06. The Labute approximate surface area is 97.0 Å². The highest BCUT2D eigenvalue weighted by atomic mass is 16.4. The average molecular weight is 226 g/mol. The van der Waals surface area contributed by atoms with E-state index in [-0.39, 0.29) is 5.41 Å². The molecule has 16 heavy (non-hydrogen) atoms. The van der Waals surface area contributed by atoms with Crippen molar-refractivity contribution in [1.82, 2.24) is 10.2 Å². The number of carboxylic acid groups (broad SMARTS) is 1. The second-order valence-electron chi connectivity index (χ2n) is 6.31. The number of rotatable bonds is 0. The quantitative estimate of drug-likeness (QED) is 0.662. The molecule has 4 nitrogen and oxygen atoms in total. The van der Waals surface area contributed by atoms with Crippen molar-refractivity contribution in [2.45, 2.75) is 39.7 Å². The second kappa shape index (κ2) is 3.62. The predicted molar refractivity (Wildman–Crippen MR) is 62.5 cm³/mol. The van der Waals surface area contributed by atoms with E-state index in [1.807, 2.05) is 0 Å². The molecule has 2 aliphatic heterocycles. The fourth-order valence-corrected chi connectivity index (χ4v) is 3.33. The van der Waals surface area contributed by atoms with Crippen LogP contribution in [-0.2, 0) is 0 Å². The van der Waals surface area contributed by atoms with Crippen LogP contribution < -0.4 is 5.32 Å². The van der Waals surface area contributed by atoms with Gasteiger partial charge in [-0.3, -0.25) is 0 Å². The Morgan fingerprint density at radius 2 is 1.94 bits per heavy atom. The molecule has 2 heterocycles. The number of nitrogens with one attached hydrogen (secondary N) is 1. The maximum Gasteiger partial charge on any atom is 0.407 e. The molecule has 2 fully saturated rings. The van der Waals surface area contributed by atoms with E-state index >= 15 is 0 Å². The number of hydrogen-bond donors (Lipinski definition) is 2. The summed E-state index contributed by atoms with van der Waals surface area (Å²) in [6, 6.07) is 0.538. The molecule has 4 heteroatoms. The molecule has 0 aromatic rings. The molecular formula is C12H22N2O2. The minimum absolute atomic E-state index is 0.268. The molecule has 2 N–H and O–H groups in total. The van der Waals surface area contributed by atoms with Crippen LogP contribution in [0.25, 0.3) is 0 Å². The van der Waals surface area contributed by atoms with Gasteiger partial charge in [-0.25, -0.2) is 4.79 Å². The van der Waals surface area contributed by atoms with Crippen LogP contribution >= 0.6 is 0 Å². The Morgan fingerprint density at radius 3 is 2.25 bits per heavy atom. The van der Waals surface area contributed by atoms with Crippen LogP contribution in [0.3, 0.4) is 0 Å². The SMILES string of the molecule is CC(C)(C)C1NCC12CCN(C(=O)O)CC2. The van der Waals surface area contributed by atoms with Crippen molar-refractivity contribution in [2.24, 2.45) is 10.8 Å². The zero-order chi connectivity index (χ0) is 12.0. The molecular weight excluding hydrogens is 204 g/mol. The summed E-state index contributed by atoms with van der Waals surface area (Å²) < 4.78 is 0. The molecule has 0 radical (unpaired) electrons. The lowest BCUT2D eigenvalue weighted by Gasteiger charge is -2.59. The van der Waals surface area contributed by atoms with Gasteiger partial charge < -0.3 is 15.3 Å². The van der Waals surface area contributed by atoms with E-state index in [9.17, 15) is 4.79 Å². The first-order valence-electron chi connectivity index (χ1n) is 6.06. The number of piperidine rings is 1. The van der Waals surface area contributed by atoms with Gasteiger partial charge >= 0.3 is 6.09 Å². The van der Waals surface area contributed by atoms with Gasteiger partial charge in [0.15, 0.2) is 0 Å². The van der Waals surface area contributed by atoms with E-state index in [1.54, 1.807) is 4.90 Å². The molecule has 1 unspecified atom stereocenters. The normalized spacial score (nSPS) is 28.9. The molecule has 0 aromatic heterocycles. The molecule has 0 saturated carbocycles. The summed E-state index contributed by atoms with van der Waals surface area (Å²) in [5.74, 6) is 0. The van der Waals surface area contributed by atoms with Crippen LogP contribution in [0.1, 0.15) is 33.6 Å². The standard InChI is InChI=1S/C12H22N2O2/c1-11(2,3)9-12(8-13-9)4-6-14(7-5-12)10(15)16/h9,13H,4-8H2,1-3H3,(H,15,16). The lowest BCUT2D eigenvalue weighted by atomic mass is 9.59. The second-order valence-corrected chi connectivity index (χ2v) is 6.31. The lowest BCUT2D eigenvalue weighted by molar-refractivity contribution is -0.0391. The maximum absolute atomic E-state index is 10.9. The predicted octanol–water partition coefficient (Wildman–Crippen LogP) is 1.76. The van der Waals surface area contributed by atoms with Crippen LogP contribution in [-0.4, -0.2) is 41.8 Å². The topological polar surface area (TPSA) is 52.6 Å². The van der Waals surface area contributed by atoms with Gasteiger partial charge in [-0.1, -0.05) is 20.8 Å². The van der Waals surface area contributed by atoms with E-state index < -0.39 is 6.09 Å². The third-order valence-corrected chi connectivity index (χ3v) is 4.17. The molecule has 0 aliphatic carbocycles. The Balaban J connectivity index is 2.00. The first kappa shape index (κ1) is 11.7. The fraction of sp³-hybridized carbons (Fsp3) is 0.917. The molecule has 0 aromatic carbocycles. The van der Waals surface area contributed by atoms with Crippen LogP contribution in [0.4, 0.5) is 4.79 Å². The van der Waals surface area contributed by atoms with E-state index in [1.165, 1.54) is 0 Å². The number of likely N-dealkylation sites (tertiary alicyclic amines) is 1. The van der Waals surface area contributed by atoms with Crippen molar-refractivity contribution in [3.63, 3.8) is 0 Å². The molecule has 1 spiro atoms. The lowest BCUT2D eigenvalue weighted by Crippen LogP contribution is -2.70. The summed E-state index contributed by atoms with van der Waals surface area (Å²) in [6.07, 6.45) is 1.25. The minimum Gasteiger partial charge on any atom is -0.465 e. The monoisotopic (exact) mass is 226 g/mol. The summed E-state index contributed by atoms with van der Waals surface area (Å²) in [5, 5.41) is 12.5. The van der Waals surface area contributed by atoms with Crippen LogP contribution in [0.5, 0.6) is 0 Å². The number of carbonyl (C=O) groups is 1. The molecule has 2 aliphatic rings. The van der Waals surface area contributed by atoms with Crippen LogP contribution in [0.15, 0.2) is 0 Å². The van der Waals surface area contributed by atoms with Gasteiger partial charge in [-0.15, -0.1) is 0 Å². The highest BCUT2D eigenvalue weighted by molar-refractivity contribution is 5.65. The van der Waals surface area contributed by atoms with Crippen molar-refractivity contribution < 1.29 is 9.90 Å². The Bertz CT molecular complexity index is 288. The summed E-state index contributed by atoms with van der Waals surface area (Å²) in [7, 11) is 0. The number of amides is 1. The van der Waals surface area contributed by atoms with E-state index in [0.29, 0.717) is 24.5 Å². The maximum atomic E-state index is 10.9. The first-order chi connectivity index (χ1) is 7.35. The number of hydrogen-bond acceptors (Lipinski definition) is 2. The van der Waals surface area contributed by atoms with E-state index in [2.05, 4.69) is 26.1 Å². The fourth-order valence-electron chi connectivity index (χ4n) is 3.33. The summed E-state index contributed by atoms with van der Waals surface area (Å²) in [4.78, 5) is 12.4. The Kier molecular flexibility index (Phi) is 2.65. The highest BCUT2D eigenvalue weighted by Gasteiger charge is 2.52. The van der Waals surface area contributed by atoms with E-state index in [0.717, 1.165) is 19.4 Å². The molecule has 2 saturated heterocycles. The average Bonchev–Trinajstić information content (AvgIpc) is 2.13. The molecule has 2 rings (SSSR count). The third kappa shape index (κ3) is 1.79. The third-order valence-electron chi connectivity index (χ3n) is 4.17. The largest absolute Gasteiger partial charge is 0.465 e. The van der Waals surface area contributed by atoms with Crippen LogP contribution in [0, 0.1) is 10.8 Å². The number of nitrogens with zero attached hydrogens (tertiary/aromatic N) is 1. The molecule has 1 amide bonds. The zero-order valence-corrected chi connectivity index (χ0v) is 10.4. The van der Waals surface area contributed by atoms with Gasteiger partial charge in [0.2, 0.25) is 0 Å². The summed E-state index contributed by atoms with van der Waals surface area (Å²) in [6.45, 7) is 9.23. The van der Waals surface area contributed by atoms with Crippen molar-refractivity contribution in [1.29, 1.82) is 0 Å². The van der Waals surface area contributed by atoms with Gasteiger partial charge in [0.25, 0.3) is 0 Å². The molecule has 0 bridgehead atoms. The zero-order valence-electron chi connectivity index (χ0n) is 10.4. The van der Waals surface area contributed by atoms with Crippen molar-refractivity contribution >= 4 is 6.09 Å².